The molecule has 0 saturated carbocycles. The van der Waals surface area contributed by atoms with Gasteiger partial charge in [-0.2, -0.15) is 0 Å². The molecule has 220 valence electrons. The normalized spacial score (nSPS) is 21.3. The van der Waals surface area contributed by atoms with Crippen LogP contribution in [-0.4, -0.2) is 51.3 Å². The van der Waals surface area contributed by atoms with Crippen molar-refractivity contribution in [2.24, 2.45) is 10.8 Å². The van der Waals surface area contributed by atoms with Crippen LogP contribution in [0, 0.1) is 10.8 Å². The Morgan fingerprint density at radius 3 is 1.82 bits per heavy atom. The van der Waals surface area contributed by atoms with Crippen LogP contribution in [0.2, 0.25) is 0 Å². The fraction of sp³-hybridized carbons (Fsp3) is 0.629. The van der Waals surface area contributed by atoms with E-state index in [4.69, 9.17) is 0 Å². The van der Waals surface area contributed by atoms with Crippen LogP contribution in [0.25, 0.3) is 0 Å². The first kappa shape index (κ1) is 31.8. The highest BCUT2D eigenvalue weighted by Crippen LogP contribution is 2.43. The fourth-order valence-electron chi connectivity index (χ4n) is 5.93. The number of nitrogens with zero attached hydrogens (tertiary/aromatic N) is 2. The Morgan fingerprint density at radius 1 is 0.775 bits per heavy atom. The number of allylic oxidation sites excluding steroid dienone is 2. The molecule has 0 spiro atoms. The van der Waals surface area contributed by atoms with Gasteiger partial charge in [-0.15, -0.1) is 0 Å². The zero-order valence-corrected chi connectivity index (χ0v) is 26.9. The van der Waals surface area contributed by atoms with E-state index in [0.29, 0.717) is 12.0 Å². The molecule has 5 nitrogen and oxygen atoms in total. The van der Waals surface area contributed by atoms with Crippen LogP contribution in [-0.2, 0) is 9.59 Å². The average Bonchev–Trinajstić information content (AvgIpc) is 2.98. The summed E-state index contributed by atoms with van der Waals surface area (Å²) in [4.78, 5) is 44.1. The first-order chi connectivity index (χ1) is 18.3. The van der Waals surface area contributed by atoms with Gasteiger partial charge in [0, 0.05) is 65.6 Å². The van der Waals surface area contributed by atoms with Crippen molar-refractivity contribution in [2.75, 3.05) is 13.1 Å². The minimum absolute atomic E-state index is 0.0723. The first-order valence-corrected chi connectivity index (χ1v) is 14.9. The number of hydrogen-bond donors (Lipinski definition) is 0. The molecule has 0 amide bonds. The standard InChI is InChI=1S/C35H52N2O3/c1-12-29(38)27-23-37(33(5,6)7)21-26(20-35(27,10)11)24-13-15-25(16-14-24)30(39)19-31(40)28-22-36(32(2,3)4)18-17-34(28,8)9/h13-16,22-23,26H,12,17-21H2,1-11H3. The van der Waals surface area contributed by atoms with Crippen molar-refractivity contribution in [2.45, 2.75) is 119 Å². The van der Waals surface area contributed by atoms with E-state index in [1.165, 1.54) is 0 Å². The molecule has 0 aromatic heterocycles. The van der Waals surface area contributed by atoms with E-state index >= 15 is 0 Å². The lowest BCUT2D eigenvalue weighted by Crippen LogP contribution is -2.44. The fourth-order valence-corrected chi connectivity index (χ4v) is 5.93. The van der Waals surface area contributed by atoms with Crippen LogP contribution in [0.15, 0.2) is 47.8 Å². The number of rotatable bonds is 7. The topological polar surface area (TPSA) is 57.7 Å². The molecular formula is C35H52N2O3. The van der Waals surface area contributed by atoms with Gasteiger partial charge in [0.05, 0.1) is 6.42 Å². The van der Waals surface area contributed by atoms with E-state index < -0.39 is 0 Å². The van der Waals surface area contributed by atoms with Crippen molar-refractivity contribution < 1.29 is 14.4 Å². The Morgan fingerprint density at radius 2 is 1.30 bits per heavy atom. The van der Waals surface area contributed by atoms with Crippen molar-refractivity contribution in [3.05, 3.63) is 58.9 Å². The van der Waals surface area contributed by atoms with E-state index in [0.717, 1.165) is 42.6 Å². The summed E-state index contributed by atoms with van der Waals surface area (Å²) in [6.07, 6.45) is 6.19. The summed E-state index contributed by atoms with van der Waals surface area (Å²) >= 11 is 0. The molecule has 5 heteroatoms. The highest BCUT2D eigenvalue weighted by Gasteiger charge is 2.38. The van der Waals surface area contributed by atoms with E-state index in [1.54, 1.807) is 0 Å². The van der Waals surface area contributed by atoms with E-state index in [-0.39, 0.29) is 51.6 Å². The lowest BCUT2D eigenvalue weighted by molar-refractivity contribution is -0.117. The van der Waals surface area contributed by atoms with Crippen LogP contribution < -0.4 is 0 Å². The minimum atomic E-state index is -0.264. The maximum Gasteiger partial charge on any atom is 0.170 e. The van der Waals surface area contributed by atoms with Gasteiger partial charge in [0.2, 0.25) is 0 Å². The summed E-state index contributed by atoms with van der Waals surface area (Å²) in [7, 11) is 0. The van der Waals surface area contributed by atoms with Crippen LogP contribution in [0.1, 0.15) is 124 Å². The van der Waals surface area contributed by atoms with E-state index in [2.05, 4.69) is 85.2 Å². The van der Waals surface area contributed by atoms with Crippen LogP contribution in [0.3, 0.4) is 0 Å². The Labute approximate surface area is 243 Å². The van der Waals surface area contributed by atoms with Crippen molar-refractivity contribution in [1.29, 1.82) is 0 Å². The smallest absolute Gasteiger partial charge is 0.170 e. The molecule has 2 aliphatic rings. The first-order valence-electron chi connectivity index (χ1n) is 14.9. The molecule has 2 heterocycles. The summed E-state index contributed by atoms with van der Waals surface area (Å²) in [5, 5.41) is 0. The number of benzene rings is 1. The third-order valence-corrected chi connectivity index (χ3v) is 8.85. The molecule has 3 rings (SSSR count). The lowest BCUT2D eigenvalue weighted by atomic mass is 9.74. The zero-order valence-electron chi connectivity index (χ0n) is 26.9. The van der Waals surface area contributed by atoms with Crippen molar-refractivity contribution >= 4 is 17.3 Å². The maximum atomic E-state index is 13.4. The molecule has 0 saturated heterocycles. The second-order valence-corrected chi connectivity index (χ2v) is 15.1. The van der Waals surface area contributed by atoms with E-state index in [9.17, 15) is 14.4 Å². The maximum absolute atomic E-state index is 13.4. The Kier molecular flexibility index (Phi) is 8.99. The second kappa shape index (κ2) is 11.3. The number of carbonyl (C=O) groups is 3. The number of Topliss-reactive ketones (excluding diaryl/α,β-unsaturated/α-hetero) is 3. The van der Waals surface area contributed by atoms with Gasteiger partial charge in [0.1, 0.15) is 0 Å². The van der Waals surface area contributed by atoms with Crippen molar-refractivity contribution in [3.63, 3.8) is 0 Å². The summed E-state index contributed by atoms with van der Waals surface area (Å²) < 4.78 is 0. The quantitative estimate of drug-likeness (QED) is 0.258. The Balaban J connectivity index is 1.82. The van der Waals surface area contributed by atoms with Gasteiger partial charge in [-0.25, -0.2) is 0 Å². The summed E-state index contributed by atoms with van der Waals surface area (Å²) in [5.41, 5.74) is 2.64. The third kappa shape index (κ3) is 7.14. The van der Waals surface area contributed by atoms with Gasteiger partial charge in [-0.05, 0) is 70.8 Å². The molecule has 0 aliphatic carbocycles. The molecule has 1 aromatic carbocycles. The molecule has 1 unspecified atom stereocenters. The van der Waals surface area contributed by atoms with Gasteiger partial charge in [-0.3, -0.25) is 14.4 Å². The molecule has 0 N–H and O–H groups in total. The van der Waals surface area contributed by atoms with Crippen LogP contribution in [0.4, 0.5) is 0 Å². The largest absolute Gasteiger partial charge is 0.372 e. The highest BCUT2D eigenvalue weighted by molar-refractivity contribution is 6.13. The highest BCUT2D eigenvalue weighted by atomic mass is 16.1. The molecule has 1 aromatic rings. The predicted octanol–water partition coefficient (Wildman–Crippen LogP) is 7.72. The van der Waals surface area contributed by atoms with Gasteiger partial charge >= 0.3 is 0 Å². The molecule has 0 fully saturated rings. The minimum Gasteiger partial charge on any atom is -0.372 e. The molecule has 1 atom stereocenters. The summed E-state index contributed by atoms with van der Waals surface area (Å²) in [6.45, 7) is 25.1. The van der Waals surface area contributed by atoms with Gasteiger partial charge in [0.15, 0.2) is 17.3 Å². The average molecular weight is 549 g/mol. The zero-order chi connectivity index (χ0) is 30.3. The number of hydrogen-bond acceptors (Lipinski definition) is 5. The van der Waals surface area contributed by atoms with E-state index in [1.807, 2.05) is 37.4 Å². The second-order valence-electron chi connectivity index (χ2n) is 15.1. The van der Waals surface area contributed by atoms with Crippen molar-refractivity contribution in [1.82, 2.24) is 9.80 Å². The Bertz CT molecular complexity index is 1190. The van der Waals surface area contributed by atoms with Gasteiger partial charge in [0.25, 0.3) is 0 Å². The molecule has 40 heavy (non-hydrogen) atoms. The monoisotopic (exact) mass is 548 g/mol. The van der Waals surface area contributed by atoms with Crippen LogP contribution >= 0.6 is 0 Å². The Hall–Kier alpha value is -2.69. The molecule has 0 bridgehead atoms. The summed E-state index contributed by atoms with van der Waals surface area (Å²) in [5.74, 6) is 0.178. The summed E-state index contributed by atoms with van der Waals surface area (Å²) in [6, 6.07) is 7.82. The van der Waals surface area contributed by atoms with Gasteiger partial charge in [-0.1, -0.05) is 58.9 Å². The van der Waals surface area contributed by atoms with Gasteiger partial charge < -0.3 is 9.80 Å². The van der Waals surface area contributed by atoms with Crippen LogP contribution in [0.5, 0.6) is 0 Å². The predicted molar refractivity (Wildman–Crippen MR) is 164 cm³/mol. The molecule has 2 aliphatic heterocycles. The third-order valence-electron chi connectivity index (χ3n) is 8.85. The van der Waals surface area contributed by atoms with Crippen molar-refractivity contribution in [3.8, 4) is 0 Å². The number of carbonyl (C=O) groups excluding carboxylic acids is 3. The number of ketones is 3. The SMILES string of the molecule is CCC(=O)C1=CN(C(C)(C)C)CC(c2ccc(C(=O)CC(=O)C3=CN(C(C)(C)C)CCC3(C)C)cc2)CC1(C)C. The molecular weight excluding hydrogens is 496 g/mol. The molecule has 0 radical (unpaired) electrons. The lowest BCUT2D eigenvalue weighted by Gasteiger charge is -2.43.